The number of aromatic nitrogens is 1. The summed E-state index contributed by atoms with van der Waals surface area (Å²) < 4.78 is 2.50. The van der Waals surface area contributed by atoms with Gasteiger partial charge in [-0.05, 0) is 87.0 Å². The number of benzene rings is 8. The van der Waals surface area contributed by atoms with Gasteiger partial charge in [-0.25, -0.2) is 0 Å². The largest absolute Gasteiger partial charge is 0.306 e. The molecule has 0 spiro atoms. The molecule has 9 aromatic rings. The second kappa shape index (κ2) is 11.5. The molecule has 0 saturated heterocycles. The minimum absolute atomic E-state index is 1.13. The molecule has 0 amide bonds. The molecule has 0 aliphatic carbocycles. The maximum Gasteiger partial charge on any atom is 0.0789 e. The van der Waals surface area contributed by atoms with Crippen molar-refractivity contribution in [3.63, 3.8) is 0 Å². The van der Waals surface area contributed by atoms with Gasteiger partial charge in [0.2, 0.25) is 0 Å². The fourth-order valence-electron chi connectivity index (χ4n) is 7.77. The molecule has 0 saturated carbocycles. The van der Waals surface area contributed by atoms with Crippen molar-refractivity contribution in [2.75, 3.05) is 4.90 Å². The Morgan fingerprint density at radius 1 is 0.320 bits per heavy atom. The van der Waals surface area contributed by atoms with E-state index in [1.165, 1.54) is 77.7 Å². The number of rotatable bonds is 5. The molecule has 1 aliphatic heterocycles. The molecule has 8 aromatic carbocycles. The smallest absolute Gasteiger partial charge is 0.0789 e. The highest BCUT2D eigenvalue weighted by Crippen LogP contribution is 2.53. The predicted octanol–water partition coefficient (Wildman–Crippen LogP) is 13.2. The molecule has 0 radical (unpaired) electrons. The second-order valence-corrected chi connectivity index (χ2v) is 13.0. The molecule has 0 unspecified atom stereocenters. The lowest BCUT2D eigenvalue weighted by Crippen LogP contribution is -2.18. The van der Waals surface area contributed by atoms with E-state index in [1.54, 1.807) is 0 Å². The van der Waals surface area contributed by atoms with E-state index >= 15 is 0 Å². The van der Waals surface area contributed by atoms with Crippen molar-refractivity contribution in [2.45, 2.75) is 0 Å². The first-order chi connectivity index (χ1) is 24.8. The molecule has 234 valence electrons. The lowest BCUT2D eigenvalue weighted by molar-refractivity contribution is 1.11. The number of anilines is 3. The van der Waals surface area contributed by atoms with E-state index in [0.29, 0.717) is 0 Å². The highest BCUT2D eigenvalue weighted by Gasteiger charge is 2.30. The monoisotopic (exact) mass is 636 g/mol. The first-order valence-electron chi connectivity index (χ1n) is 17.2. The van der Waals surface area contributed by atoms with Crippen LogP contribution in [0.4, 0.5) is 17.1 Å². The maximum atomic E-state index is 2.50. The second-order valence-electron chi connectivity index (χ2n) is 13.0. The highest BCUT2D eigenvalue weighted by atomic mass is 15.2. The summed E-state index contributed by atoms with van der Waals surface area (Å²) in [5.74, 6) is 0. The van der Waals surface area contributed by atoms with Crippen molar-refractivity contribution >= 4 is 38.9 Å². The molecule has 0 bridgehead atoms. The Morgan fingerprint density at radius 2 is 0.800 bits per heavy atom. The van der Waals surface area contributed by atoms with Gasteiger partial charge in [0, 0.05) is 16.5 Å². The fourth-order valence-corrected chi connectivity index (χ4v) is 7.77. The lowest BCUT2D eigenvalue weighted by atomic mass is 9.95. The zero-order chi connectivity index (χ0) is 33.0. The van der Waals surface area contributed by atoms with Gasteiger partial charge in [0.1, 0.15) is 0 Å². The number of fused-ring (bicyclic) bond motifs is 5. The molecule has 10 rings (SSSR count). The minimum Gasteiger partial charge on any atom is -0.306 e. The van der Waals surface area contributed by atoms with E-state index in [0.717, 1.165) is 11.4 Å². The summed E-state index contributed by atoms with van der Waals surface area (Å²) in [6.07, 6.45) is 0. The van der Waals surface area contributed by atoms with Crippen LogP contribution in [0.1, 0.15) is 0 Å². The zero-order valence-electron chi connectivity index (χ0n) is 27.4. The fraction of sp³-hybridized carbons (Fsp3) is 0. The molecular formula is C48H32N2. The Bertz CT molecular complexity index is 2660. The van der Waals surface area contributed by atoms with Crippen LogP contribution in [0, 0.1) is 0 Å². The van der Waals surface area contributed by atoms with E-state index in [9.17, 15) is 0 Å². The van der Waals surface area contributed by atoms with Gasteiger partial charge in [-0.1, -0.05) is 152 Å². The van der Waals surface area contributed by atoms with Crippen LogP contribution in [-0.2, 0) is 0 Å². The summed E-state index contributed by atoms with van der Waals surface area (Å²) in [7, 11) is 0. The summed E-state index contributed by atoms with van der Waals surface area (Å²) in [5.41, 5.74) is 16.8. The van der Waals surface area contributed by atoms with Crippen LogP contribution in [0.25, 0.3) is 72.0 Å². The molecule has 2 nitrogen and oxygen atoms in total. The number of hydrogen-bond donors (Lipinski definition) is 0. The van der Waals surface area contributed by atoms with Crippen molar-refractivity contribution in [1.29, 1.82) is 0 Å². The lowest BCUT2D eigenvalue weighted by Gasteiger charge is -2.34. The van der Waals surface area contributed by atoms with Gasteiger partial charge in [0.15, 0.2) is 0 Å². The van der Waals surface area contributed by atoms with Crippen LogP contribution in [0.15, 0.2) is 194 Å². The maximum absolute atomic E-state index is 2.50. The first-order valence-corrected chi connectivity index (χ1v) is 17.2. The van der Waals surface area contributed by atoms with Gasteiger partial charge in [-0.3, -0.25) is 0 Å². The molecule has 1 aliphatic rings. The van der Waals surface area contributed by atoms with Crippen LogP contribution < -0.4 is 4.90 Å². The summed E-state index contributed by atoms with van der Waals surface area (Å²) in [5, 5.41) is 2.52. The molecule has 50 heavy (non-hydrogen) atoms. The van der Waals surface area contributed by atoms with E-state index in [-0.39, 0.29) is 0 Å². The standard InChI is InChI=1S/C48H32N2/c1-5-13-33(14-6-1)36-21-25-40(26-22-36)49-45-30-27-41(37-19-11-4-12-20-37)47-42-31-38(34-15-7-2-8-16-34)23-28-43(42)50(48(45)47)44-29-24-39(32-46(44)49)35-17-9-3-10-18-35/h1-32H. The van der Waals surface area contributed by atoms with Crippen LogP contribution in [0.2, 0.25) is 0 Å². The third-order valence-corrected chi connectivity index (χ3v) is 10.1. The summed E-state index contributed by atoms with van der Waals surface area (Å²) >= 11 is 0. The van der Waals surface area contributed by atoms with Crippen molar-refractivity contribution in [3.8, 4) is 50.2 Å². The van der Waals surface area contributed by atoms with E-state index in [1.807, 2.05) is 0 Å². The molecule has 2 heteroatoms. The van der Waals surface area contributed by atoms with Crippen LogP contribution in [0.5, 0.6) is 0 Å². The molecule has 2 heterocycles. The Kier molecular flexibility index (Phi) is 6.53. The third-order valence-electron chi connectivity index (χ3n) is 10.1. The molecule has 0 N–H and O–H groups in total. The van der Waals surface area contributed by atoms with Gasteiger partial charge in [0.25, 0.3) is 0 Å². The minimum atomic E-state index is 1.13. The van der Waals surface area contributed by atoms with Crippen LogP contribution in [-0.4, -0.2) is 4.57 Å². The average Bonchev–Trinajstić information content (AvgIpc) is 3.55. The Morgan fingerprint density at radius 3 is 1.42 bits per heavy atom. The Hall–Kier alpha value is -6.64. The quantitative estimate of drug-likeness (QED) is 0.182. The summed E-state index contributed by atoms with van der Waals surface area (Å²) in [4.78, 5) is 2.46. The van der Waals surface area contributed by atoms with Gasteiger partial charge in [-0.2, -0.15) is 0 Å². The third kappa shape index (κ3) is 4.50. The number of nitrogens with zero attached hydrogens (tertiary/aromatic N) is 2. The Labute approximate surface area is 291 Å². The SMILES string of the molecule is c1ccc(-c2ccc(N3c4cc(-c5ccccc5)ccc4-n4c5ccc(-c6ccccc6)cc5c5c(-c6ccccc6)ccc3c54)cc2)cc1. The van der Waals surface area contributed by atoms with Crippen LogP contribution >= 0.6 is 0 Å². The predicted molar refractivity (Wildman–Crippen MR) is 211 cm³/mol. The molecule has 0 atom stereocenters. The van der Waals surface area contributed by atoms with E-state index < -0.39 is 0 Å². The van der Waals surface area contributed by atoms with Gasteiger partial charge >= 0.3 is 0 Å². The highest BCUT2D eigenvalue weighted by molar-refractivity contribution is 6.22. The summed E-state index contributed by atoms with van der Waals surface area (Å²) in [6, 6.07) is 70.4. The van der Waals surface area contributed by atoms with Gasteiger partial charge in [0.05, 0.1) is 28.1 Å². The van der Waals surface area contributed by atoms with Crippen molar-refractivity contribution in [1.82, 2.24) is 4.57 Å². The summed E-state index contributed by atoms with van der Waals surface area (Å²) in [6.45, 7) is 0. The molecule has 0 fully saturated rings. The molecular weight excluding hydrogens is 605 g/mol. The van der Waals surface area contributed by atoms with Gasteiger partial charge < -0.3 is 9.47 Å². The van der Waals surface area contributed by atoms with Crippen molar-refractivity contribution in [2.24, 2.45) is 0 Å². The van der Waals surface area contributed by atoms with E-state index in [4.69, 9.17) is 0 Å². The van der Waals surface area contributed by atoms with E-state index in [2.05, 4.69) is 204 Å². The first kappa shape index (κ1) is 28.4. The van der Waals surface area contributed by atoms with Gasteiger partial charge in [-0.15, -0.1) is 0 Å². The normalized spacial score (nSPS) is 12.0. The molecule has 1 aromatic heterocycles. The number of hydrogen-bond acceptors (Lipinski definition) is 1. The van der Waals surface area contributed by atoms with Crippen molar-refractivity contribution in [3.05, 3.63) is 194 Å². The van der Waals surface area contributed by atoms with Crippen molar-refractivity contribution < 1.29 is 0 Å². The topological polar surface area (TPSA) is 8.17 Å². The Balaban J connectivity index is 1.29. The van der Waals surface area contributed by atoms with Crippen LogP contribution in [0.3, 0.4) is 0 Å². The zero-order valence-corrected chi connectivity index (χ0v) is 27.4. The average molecular weight is 637 g/mol.